The summed E-state index contributed by atoms with van der Waals surface area (Å²) in [6, 6.07) is 5.72. The number of carbonyl (C=O) groups excluding carboxylic acids is 1. The molecule has 0 aliphatic heterocycles. The molecule has 2 aromatic rings. The van der Waals surface area contributed by atoms with Gasteiger partial charge in [-0.3, -0.25) is 4.79 Å². The zero-order valence-electron chi connectivity index (χ0n) is 12.1. The maximum absolute atomic E-state index is 12.1. The molecule has 0 saturated carbocycles. The van der Waals surface area contributed by atoms with Crippen LogP contribution in [0, 0.1) is 0 Å². The molecule has 1 amide bonds. The number of nitrogens with zero attached hydrogens (tertiary/aromatic N) is 1. The molecule has 0 unspecified atom stereocenters. The van der Waals surface area contributed by atoms with Gasteiger partial charge in [0, 0.05) is 0 Å². The number of benzene rings is 1. The lowest BCUT2D eigenvalue weighted by molar-refractivity contribution is -0.121. The third kappa shape index (κ3) is 3.08. The second kappa shape index (κ2) is 5.76. The van der Waals surface area contributed by atoms with E-state index in [0.29, 0.717) is 11.7 Å². The van der Waals surface area contributed by atoms with Crippen LogP contribution in [0.25, 0.3) is 10.2 Å². The Labute approximate surface area is 122 Å². The minimum atomic E-state index is -0.631. The van der Waals surface area contributed by atoms with Gasteiger partial charge in [0.1, 0.15) is 5.75 Å². The molecule has 0 fully saturated rings. The third-order valence-electron chi connectivity index (χ3n) is 3.08. The molecule has 1 aromatic carbocycles. The number of thiazole rings is 1. The molecule has 0 aliphatic carbocycles. The van der Waals surface area contributed by atoms with E-state index in [0.717, 1.165) is 16.0 Å². The summed E-state index contributed by atoms with van der Waals surface area (Å²) in [5.74, 6) is 0.709. The maximum atomic E-state index is 12.1. The highest BCUT2D eigenvalue weighted by molar-refractivity contribution is 7.22. The summed E-state index contributed by atoms with van der Waals surface area (Å²) in [4.78, 5) is 16.5. The number of fused-ring (bicyclic) bond motifs is 1. The first-order valence-corrected chi connectivity index (χ1v) is 7.31. The van der Waals surface area contributed by atoms with Crippen LogP contribution >= 0.6 is 11.3 Å². The molecule has 2 rings (SSSR count). The summed E-state index contributed by atoms with van der Waals surface area (Å²) in [6.07, 6.45) is 0. The standard InChI is InChI=1S/C14H19N3O2S/c1-5-19-9-6-7-10-11(8-9)20-13(16-10)17-12(18)14(2,3)15-4/h6-8,15H,5H2,1-4H3,(H,16,17,18). The van der Waals surface area contributed by atoms with Gasteiger partial charge in [0.25, 0.3) is 0 Å². The van der Waals surface area contributed by atoms with Crippen molar-refractivity contribution in [2.75, 3.05) is 19.0 Å². The van der Waals surface area contributed by atoms with Gasteiger partial charge in [0.05, 0.1) is 22.4 Å². The van der Waals surface area contributed by atoms with Gasteiger partial charge in [0.15, 0.2) is 5.13 Å². The van der Waals surface area contributed by atoms with Crippen LogP contribution in [-0.4, -0.2) is 30.1 Å². The lowest BCUT2D eigenvalue weighted by Gasteiger charge is -2.21. The minimum absolute atomic E-state index is 0.107. The number of nitrogens with one attached hydrogen (secondary N) is 2. The molecule has 0 atom stereocenters. The average Bonchev–Trinajstić information content (AvgIpc) is 2.80. The quantitative estimate of drug-likeness (QED) is 0.889. The van der Waals surface area contributed by atoms with Crippen molar-refractivity contribution in [1.29, 1.82) is 0 Å². The van der Waals surface area contributed by atoms with Crippen molar-refractivity contribution in [3.8, 4) is 5.75 Å². The number of ether oxygens (including phenoxy) is 1. The van der Waals surface area contributed by atoms with Gasteiger partial charge in [-0.25, -0.2) is 4.98 Å². The molecule has 0 bridgehead atoms. The summed E-state index contributed by atoms with van der Waals surface area (Å²) < 4.78 is 6.45. The van der Waals surface area contributed by atoms with Crippen molar-refractivity contribution < 1.29 is 9.53 Å². The summed E-state index contributed by atoms with van der Waals surface area (Å²) in [6.45, 7) is 6.22. The lowest BCUT2D eigenvalue weighted by atomic mass is 10.1. The fraction of sp³-hybridized carbons (Fsp3) is 0.429. The van der Waals surface area contributed by atoms with E-state index in [1.54, 1.807) is 7.05 Å². The zero-order valence-corrected chi connectivity index (χ0v) is 12.9. The third-order valence-corrected chi connectivity index (χ3v) is 4.02. The SMILES string of the molecule is CCOc1ccc2nc(NC(=O)C(C)(C)NC)sc2c1. The Morgan fingerprint density at radius 3 is 2.85 bits per heavy atom. The van der Waals surface area contributed by atoms with E-state index >= 15 is 0 Å². The average molecular weight is 293 g/mol. The molecule has 5 nitrogen and oxygen atoms in total. The summed E-state index contributed by atoms with van der Waals surface area (Å²) in [5, 5.41) is 6.40. The van der Waals surface area contributed by atoms with Gasteiger partial charge in [-0.15, -0.1) is 0 Å². The molecule has 1 heterocycles. The summed E-state index contributed by atoms with van der Waals surface area (Å²) in [7, 11) is 1.76. The molecule has 108 valence electrons. The van der Waals surface area contributed by atoms with Gasteiger partial charge >= 0.3 is 0 Å². The van der Waals surface area contributed by atoms with Gasteiger partial charge in [-0.05, 0) is 46.0 Å². The van der Waals surface area contributed by atoms with E-state index in [2.05, 4.69) is 15.6 Å². The van der Waals surface area contributed by atoms with E-state index in [9.17, 15) is 4.79 Å². The van der Waals surface area contributed by atoms with Crippen LogP contribution in [0.1, 0.15) is 20.8 Å². The van der Waals surface area contributed by atoms with Crippen molar-refractivity contribution in [3.05, 3.63) is 18.2 Å². The highest BCUT2D eigenvalue weighted by Gasteiger charge is 2.26. The van der Waals surface area contributed by atoms with Crippen molar-refractivity contribution in [3.63, 3.8) is 0 Å². The first kappa shape index (κ1) is 14.7. The molecule has 0 radical (unpaired) electrons. The fourth-order valence-corrected chi connectivity index (χ4v) is 2.47. The second-order valence-electron chi connectivity index (χ2n) is 4.91. The Morgan fingerprint density at radius 2 is 2.20 bits per heavy atom. The molecule has 0 spiro atoms. The zero-order chi connectivity index (χ0) is 14.8. The van der Waals surface area contributed by atoms with Gasteiger partial charge in [0.2, 0.25) is 5.91 Å². The number of carbonyl (C=O) groups is 1. The number of hydrogen-bond acceptors (Lipinski definition) is 5. The number of likely N-dealkylation sites (N-methyl/N-ethyl adjacent to an activating group) is 1. The smallest absolute Gasteiger partial charge is 0.245 e. The first-order chi connectivity index (χ1) is 9.46. The Balaban J connectivity index is 2.22. The normalized spacial score (nSPS) is 11.6. The fourth-order valence-electron chi connectivity index (χ4n) is 1.58. The Morgan fingerprint density at radius 1 is 1.45 bits per heavy atom. The topological polar surface area (TPSA) is 63.2 Å². The van der Waals surface area contributed by atoms with Crippen LogP contribution in [-0.2, 0) is 4.79 Å². The van der Waals surface area contributed by atoms with Crippen LogP contribution in [0.4, 0.5) is 5.13 Å². The summed E-state index contributed by atoms with van der Waals surface area (Å²) >= 11 is 1.44. The Kier molecular flexibility index (Phi) is 4.25. The largest absolute Gasteiger partial charge is 0.494 e. The van der Waals surface area contributed by atoms with E-state index in [-0.39, 0.29) is 5.91 Å². The molecule has 6 heteroatoms. The van der Waals surface area contributed by atoms with E-state index in [1.807, 2.05) is 39.0 Å². The molecule has 1 aromatic heterocycles. The highest BCUT2D eigenvalue weighted by Crippen LogP contribution is 2.29. The minimum Gasteiger partial charge on any atom is -0.494 e. The van der Waals surface area contributed by atoms with Gasteiger partial charge in [-0.1, -0.05) is 11.3 Å². The highest BCUT2D eigenvalue weighted by atomic mass is 32.1. The molecular formula is C14H19N3O2S. The number of rotatable bonds is 5. The van der Waals surface area contributed by atoms with E-state index < -0.39 is 5.54 Å². The van der Waals surface area contributed by atoms with Gasteiger partial charge in [-0.2, -0.15) is 0 Å². The first-order valence-electron chi connectivity index (χ1n) is 6.50. The molecular weight excluding hydrogens is 274 g/mol. The van der Waals surface area contributed by atoms with E-state index in [1.165, 1.54) is 11.3 Å². The second-order valence-corrected chi connectivity index (χ2v) is 5.94. The van der Waals surface area contributed by atoms with Crippen LogP contribution < -0.4 is 15.4 Å². The van der Waals surface area contributed by atoms with Crippen molar-refractivity contribution in [1.82, 2.24) is 10.3 Å². The molecule has 0 aliphatic rings. The predicted octanol–water partition coefficient (Wildman–Crippen LogP) is 2.63. The van der Waals surface area contributed by atoms with Crippen molar-refractivity contribution in [2.24, 2.45) is 0 Å². The Hall–Kier alpha value is -1.66. The number of aromatic nitrogens is 1. The van der Waals surface area contributed by atoms with Crippen LogP contribution in [0.2, 0.25) is 0 Å². The Bertz CT molecular complexity index is 622. The lowest BCUT2D eigenvalue weighted by Crippen LogP contribution is -2.47. The molecule has 20 heavy (non-hydrogen) atoms. The van der Waals surface area contributed by atoms with Gasteiger partial charge < -0.3 is 15.4 Å². The predicted molar refractivity (Wildman–Crippen MR) is 82.6 cm³/mol. The van der Waals surface area contributed by atoms with E-state index in [4.69, 9.17) is 4.74 Å². The van der Waals surface area contributed by atoms with Crippen molar-refractivity contribution >= 4 is 32.6 Å². The number of anilines is 1. The number of amides is 1. The number of hydrogen-bond donors (Lipinski definition) is 2. The van der Waals surface area contributed by atoms with Crippen LogP contribution in [0.15, 0.2) is 18.2 Å². The van der Waals surface area contributed by atoms with Crippen LogP contribution in [0.3, 0.4) is 0 Å². The molecule has 2 N–H and O–H groups in total. The maximum Gasteiger partial charge on any atom is 0.245 e. The van der Waals surface area contributed by atoms with Crippen LogP contribution in [0.5, 0.6) is 5.75 Å². The summed E-state index contributed by atoms with van der Waals surface area (Å²) in [5.41, 5.74) is 0.227. The molecule has 0 saturated heterocycles. The van der Waals surface area contributed by atoms with Crippen molar-refractivity contribution in [2.45, 2.75) is 26.3 Å². The monoisotopic (exact) mass is 293 g/mol.